The minimum absolute atomic E-state index is 0. The Labute approximate surface area is 349 Å². The predicted octanol–water partition coefficient (Wildman–Crippen LogP) is 9.94. The molecule has 0 spiro atoms. The van der Waals surface area contributed by atoms with Gasteiger partial charge in [-0.05, 0) is 109 Å². The van der Waals surface area contributed by atoms with Gasteiger partial charge in [-0.2, -0.15) is 0 Å². The highest BCUT2D eigenvalue weighted by molar-refractivity contribution is 5.86. The third kappa shape index (κ3) is 10.1. The molecule has 6 rings (SSSR count). The molecule has 0 unspecified atom stereocenters. The number of rotatable bonds is 15. The van der Waals surface area contributed by atoms with Crippen LogP contribution < -0.4 is 38.1 Å². The van der Waals surface area contributed by atoms with E-state index in [-0.39, 0.29) is 37.2 Å². The van der Waals surface area contributed by atoms with Gasteiger partial charge < -0.3 is 38.1 Å². The predicted molar refractivity (Wildman–Crippen MR) is 229 cm³/mol. The molecule has 13 heteroatoms. The molecule has 10 nitrogen and oxygen atoms in total. The largest absolute Gasteiger partial charge is 0.495 e. The summed E-state index contributed by atoms with van der Waals surface area (Å²) in [7, 11) is 11.5. The highest BCUT2D eigenvalue weighted by Gasteiger charge is 2.28. The van der Waals surface area contributed by atoms with E-state index in [1.165, 1.54) is 5.56 Å². The Hall–Kier alpha value is -4.77. The zero-order valence-electron chi connectivity index (χ0n) is 32.9. The van der Waals surface area contributed by atoms with Crippen molar-refractivity contribution in [3.8, 4) is 62.6 Å². The Kier molecular flexibility index (Phi) is 17.5. The van der Waals surface area contributed by atoms with Crippen molar-refractivity contribution >= 4 is 42.9 Å². The van der Waals surface area contributed by atoms with Gasteiger partial charge in [0.15, 0.2) is 23.0 Å². The minimum atomic E-state index is 0. The van der Waals surface area contributed by atoms with E-state index in [4.69, 9.17) is 38.1 Å². The van der Waals surface area contributed by atoms with Gasteiger partial charge in [-0.25, -0.2) is 0 Å². The van der Waals surface area contributed by atoms with Crippen molar-refractivity contribution in [2.75, 3.05) is 54.7 Å². The molecule has 302 valence electrons. The van der Waals surface area contributed by atoms with E-state index in [1.807, 2.05) is 55.0 Å². The Bertz CT molecular complexity index is 1960. The average Bonchev–Trinajstić information content (AvgIpc) is 3.22. The van der Waals surface area contributed by atoms with Gasteiger partial charge in [0, 0.05) is 42.3 Å². The summed E-state index contributed by atoms with van der Waals surface area (Å²) in [5.74, 6) is 4.96. The first kappa shape index (κ1) is 45.6. The number of benzene rings is 3. The fourth-order valence-electron chi connectivity index (χ4n) is 7.44. The first-order chi connectivity index (χ1) is 25.9. The summed E-state index contributed by atoms with van der Waals surface area (Å²) in [6, 6.07) is 22.9. The second-order valence-corrected chi connectivity index (χ2v) is 13.1. The summed E-state index contributed by atoms with van der Waals surface area (Å²) in [5.41, 5.74) is 7.14. The standard InChI is InChI=1S/C43H49N3O7.3ClH/c1-47-37-11-9-8-10-36(37)46(27-30-19-33(26-44-25-30)31-21-38(48-2)42(52-6)39(22-31)49-3)34-14-12-28(13-15-34)18-29-16-17-45-35(20-29)32-23-40(50-4)43(53-7)41(24-32)51-5;;;/h8-11,16-17,19-26,28,34H,12-15,18,27H2,1-7H3;3*1H. The van der Waals surface area contributed by atoms with Gasteiger partial charge in [-0.15, -0.1) is 37.2 Å². The molecular formula is C43H52Cl3N3O7. The molecule has 0 saturated heterocycles. The van der Waals surface area contributed by atoms with Crippen LogP contribution in [0.15, 0.2) is 85.3 Å². The lowest BCUT2D eigenvalue weighted by molar-refractivity contribution is 0.310. The maximum absolute atomic E-state index is 5.88. The number of aromatic nitrogens is 2. The molecule has 5 aromatic rings. The summed E-state index contributed by atoms with van der Waals surface area (Å²) >= 11 is 0. The first-order valence-corrected chi connectivity index (χ1v) is 17.8. The van der Waals surface area contributed by atoms with Gasteiger partial charge in [0.1, 0.15) is 5.75 Å². The Morgan fingerprint density at radius 1 is 0.554 bits per heavy atom. The molecule has 56 heavy (non-hydrogen) atoms. The highest BCUT2D eigenvalue weighted by atomic mass is 35.5. The van der Waals surface area contributed by atoms with E-state index in [9.17, 15) is 0 Å². The second kappa shape index (κ2) is 21.5. The van der Waals surface area contributed by atoms with Gasteiger partial charge in [-0.3, -0.25) is 9.97 Å². The van der Waals surface area contributed by atoms with E-state index in [1.54, 1.807) is 49.8 Å². The molecule has 0 bridgehead atoms. The number of para-hydroxylation sites is 2. The lowest BCUT2D eigenvalue weighted by Gasteiger charge is -2.39. The molecule has 1 aliphatic rings. The zero-order valence-corrected chi connectivity index (χ0v) is 35.4. The minimum Gasteiger partial charge on any atom is -0.495 e. The molecule has 1 fully saturated rings. The van der Waals surface area contributed by atoms with Crippen LogP contribution in [0.2, 0.25) is 0 Å². The summed E-state index contributed by atoms with van der Waals surface area (Å²) in [4.78, 5) is 11.9. The van der Waals surface area contributed by atoms with Gasteiger partial charge in [0.2, 0.25) is 11.5 Å². The van der Waals surface area contributed by atoms with Crippen molar-refractivity contribution in [3.63, 3.8) is 0 Å². The highest BCUT2D eigenvalue weighted by Crippen LogP contribution is 2.43. The maximum Gasteiger partial charge on any atom is 0.203 e. The summed E-state index contributed by atoms with van der Waals surface area (Å²) in [6.07, 6.45) is 11.1. The second-order valence-electron chi connectivity index (χ2n) is 13.1. The third-order valence-corrected chi connectivity index (χ3v) is 10.1. The molecule has 1 aliphatic carbocycles. The van der Waals surface area contributed by atoms with Crippen molar-refractivity contribution in [2.24, 2.45) is 5.92 Å². The molecular weight excluding hydrogens is 777 g/mol. The van der Waals surface area contributed by atoms with Crippen molar-refractivity contribution < 1.29 is 33.2 Å². The number of pyridine rings is 2. The van der Waals surface area contributed by atoms with E-state index in [2.05, 4.69) is 40.2 Å². The summed E-state index contributed by atoms with van der Waals surface area (Å²) in [5, 5.41) is 0. The van der Waals surface area contributed by atoms with E-state index >= 15 is 0 Å². The SMILES string of the molecule is COc1ccccc1N(Cc1cncc(-c2cc(OC)c(OC)c(OC)c2)c1)C1CCC(Cc2ccnc(-c3cc(OC)c(OC)c(OC)c3)c2)CC1.Cl.Cl.Cl. The average molecular weight is 829 g/mol. The number of methoxy groups -OCH3 is 7. The molecule has 0 atom stereocenters. The number of ether oxygens (including phenoxy) is 7. The first-order valence-electron chi connectivity index (χ1n) is 17.8. The Morgan fingerprint density at radius 2 is 1.11 bits per heavy atom. The van der Waals surface area contributed by atoms with Gasteiger partial charge in [0.05, 0.1) is 61.1 Å². The van der Waals surface area contributed by atoms with Crippen molar-refractivity contribution in [1.82, 2.24) is 9.97 Å². The van der Waals surface area contributed by atoms with Crippen molar-refractivity contribution in [2.45, 2.75) is 44.7 Å². The van der Waals surface area contributed by atoms with Crippen LogP contribution >= 0.6 is 37.2 Å². The zero-order chi connectivity index (χ0) is 37.3. The van der Waals surface area contributed by atoms with Gasteiger partial charge in [0.25, 0.3) is 0 Å². The fraction of sp³-hybridized carbons (Fsp3) is 0.349. The maximum atomic E-state index is 5.88. The number of halogens is 3. The lowest BCUT2D eigenvalue weighted by Crippen LogP contribution is -2.38. The molecule has 1 saturated carbocycles. The van der Waals surface area contributed by atoms with Crippen LogP contribution in [0.5, 0.6) is 40.2 Å². The molecule has 0 N–H and O–H groups in total. The van der Waals surface area contributed by atoms with Crippen LogP contribution in [0.1, 0.15) is 36.8 Å². The van der Waals surface area contributed by atoms with Gasteiger partial charge in [-0.1, -0.05) is 12.1 Å². The number of hydrogen-bond donors (Lipinski definition) is 0. The third-order valence-electron chi connectivity index (χ3n) is 10.1. The van der Waals surface area contributed by atoms with Gasteiger partial charge >= 0.3 is 0 Å². The monoisotopic (exact) mass is 827 g/mol. The van der Waals surface area contributed by atoms with Crippen LogP contribution in [0.25, 0.3) is 22.4 Å². The van der Waals surface area contributed by atoms with Crippen LogP contribution in [-0.4, -0.2) is 65.8 Å². The van der Waals surface area contributed by atoms with Crippen LogP contribution in [0.3, 0.4) is 0 Å². The number of hydrogen-bond acceptors (Lipinski definition) is 10. The van der Waals surface area contributed by atoms with E-state index < -0.39 is 0 Å². The molecule has 0 amide bonds. The Morgan fingerprint density at radius 3 is 1.66 bits per heavy atom. The molecule has 0 aliphatic heterocycles. The van der Waals surface area contributed by atoms with Crippen LogP contribution in [0, 0.1) is 5.92 Å². The number of anilines is 1. The van der Waals surface area contributed by atoms with Crippen molar-refractivity contribution in [1.29, 1.82) is 0 Å². The van der Waals surface area contributed by atoms with Crippen LogP contribution in [0.4, 0.5) is 5.69 Å². The molecule has 2 aromatic heterocycles. The molecule has 0 radical (unpaired) electrons. The lowest BCUT2D eigenvalue weighted by atomic mass is 9.81. The molecule has 2 heterocycles. The Balaban J connectivity index is 0.00000280. The fourth-order valence-corrected chi connectivity index (χ4v) is 7.44. The van der Waals surface area contributed by atoms with E-state index in [0.717, 1.165) is 71.5 Å². The number of nitrogens with zero attached hydrogens (tertiary/aromatic N) is 3. The molecule has 3 aromatic carbocycles. The smallest absolute Gasteiger partial charge is 0.203 e. The quantitative estimate of drug-likeness (QED) is 0.102. The normalized spacial score (nSPS) is 14.5. The topological polar surface area (TPSA) is 93.6 Å². The van der Waals surface area contributed by atoms with E-state index in [0.29, 0.717) is 53.0 Å². The summed E-state index contributed by atoms with van der Waals surface area (Å²) in [6.45, 7) is 0.684. The van der Waals surface area contributed by atoms with Crippen molar-refractivity contribution in [3.05, 3.63) is 96.4 Å². The van der Waals surface area contributed by atoms with Crippen LogP contribution in [-0.2, 0) is 13.0 Å². The summed E-state index contributed by atoms with van der Waals surface area (Å²) < 4.78 is 39.4.